The van der Waals surface area contributed by atoms with Gasteiger partial charge in [-0.3, -0.25) is 4.79 Å². The van der Waals surface area contributed by atoms with Gasteiger partial charge >= 0.3 is 0 Å². The van der Waals surface area contributed by atoms with Crippen molar-refractivity contribution in [1.29, 1.82) is 0 Å². The van der Waals surface area contributed by atoms with Gasteiger partial charge in [0.1, 0.15) is 5.78 Å². The van der Waals surface area contributed by atoms with Gasteiger partial charge in [-0.1, -0.05) is 70.9 Å². The normalized spacial score (nSPS) is 10.3. The molecule has 0 saturated heterocycles. The Bertz CT molecular complexity index is 280. The number of carbonyl (C=O) groups is 1. The smallest absolute Gasteiger partial charge is 0.146 e. The Balaban J connectivity index is 0. The molecule has 0 heterocycles. The highest BCUT2D eigenvalue weighted by molar-refractivity contribution is 5.81. The number of hydrogen-bond acceptors (Lipinski definition) is 2. The quantitative estimate of drug-likeness (QED) is 0.883. The van der Waals surface area contributed by atoms with Crippen molar-refractivity contribution in [2.75, 3.05) is 0 Å². The van der Waals surface area contributed by atoms with E-state index in [1.165, 1.54) is 19.8 Å². The van der Waals surface area contributed by atoms with E-state index >= 15 is 0 Å². The standard InChI is InChI=1S/C10H13NO.2C3H8/c1-8(12)10(11)7-9-5-3-2-4-6-9;2*1-3-2/h2-6,10H,7,11H2,1H3;2*3H2,1-2H3. The predicted octanol–water partition coefficient (Wildman–Crippen LogP) is 3.98. The molecule has 0 aliphatic carbocycles. The van der Waals surface area contributed by atoms with Crippen LogP contribution in [-0.2, 0) is 11.2 Å². The van der Waals surface area contributed by atoms with Crippen molar-refractivity contribution >= 4 is 5.78 Å². The first-order chi connectivity index (χ1) is 8.53. The van der Waals surface area contributed by atoms with E-state index in [1.54, 1.807) is 0 Å². The largest absolute Gasteiger partial charge is 0.321 e. The number of benzene rings is 1. The van der Waals surface area contributed by atoms with Crippen molar-refractivity contribution in [2.45, 2.75) is 59.9 Å². The van der Waals surface area contributed by atoms with Crippen LogP contribution in [0.4, 0.5) is 0 Å². The van der Waals surface area contributed by atoms with Crippen LogP contribution in [0.1, 0.15) is 53.0 Å². The Morgan fingerprint density at radius 1 is 1.06 bits per heavy atom. The van der Waals surface area contributed by atoms with Crippen molar-refractivity contribution < 1.29 is 4.79 Å². The number of ketones is 1. The summed E-state index contributed by atoms with van der Waals surface area (Å²) in [6.45, 7) is 10.0. The maximum Gasteiger partial charge on any atom is 0.146 e. The van der Waals surface area contributed by atoms with Crippen LogP contribution >= 0.6 is 0 Å². The molecule has 0 radical (unpaired) electrons. The van der Waals surface area contributed by atoms with E-state index in [1.807, 2.05) is 30.3 Å². The van der Waals surface area contributed by atoms with Crippen LogP contribution in [-0.4, -0.2) is 11.8 Å². The lowest BCUT2D eigenvalue weighted by Crippen LogP contribution is -2.30. The third kappa shape index (κ3) is 12.9. The number of hydrogen-bond donors (Lipinski definition) is 1. The molecule has 0 bridgehead atoms. The van der Waals surface area contributed by atoms with E-state index in [-0.39, 0.29) is 11.8 Å². The molecule has 0 aliphatic heterocycles. The fourth-order valence-corrected chi connectivity index (χ4v) is 1.01. The number of Topliss-reactive ketones (excluding diaryl/α,β-unsaturated/α-hetero) is 1. The first-order valence-electron chi connectivity index (χ1n) is 6.83. The van der Waals surface area contributed by atoms with Crippen LogP contribution in [0.25, 0.3) is 0 Å². The zero-order valence-corrected chi connectivity index (χ0v) is 12.6. The predicted molar refractivity (Wildman–Crippen MR) is 80.7 cm³/mol. The lowest BCUT2D eigenvalue weighted by Gasteiger charge is -2.06. The zero-order chi connectivity index (χ0) is 14.4. The summed E-state index contributed by atoms with van der Waals surface area (Å²) < 4.78 is 0. The minimum absolute atomic E-state index is 0.0406. The van der Waals surface area contributed by atoms with Crippen LogP contribution in [0.5, 0.6) is 0 Å². The highest BCUT2D eigenvalue weighted by Crippen LogP contribution is 2.01. The van der Waals surface area contributed by atoms with E-state index in [4.69, 9.17) is 5.73 Å². The summed E-state index contributed by atoms with van der Waals surface area (Å²) in [5.74, 6) is 0.0406. The van der Waals surface area contributed by atoms with Gasteiger partial charge in [0.25, 0.3) is 0 Å². The molecule has 1 unspecified atom stereocenters. The first-order valence-corrected chi connectivity index (χ1v) is 6.83. The third-order valence-corrected chi connectivity index (χ3v) is 1.82. The maximum absolute atomic E-state index is 10.8. The Hall–Kier alpha value is -1.15. The van der Waals surface area contributed by atoms with E-state index < -0.39 is 0 Å². The molecule has 0 fully saturated rings. The van der Waals surface area contributed by atoms with Crippen molar-refractivity contribution in [3.8, 4) is 0 Å². The molecular weight excluding hydrogens is 222 g/mol. The van der Waals surface area contributed by atoms with Crippen LogP contribution in [0.2, 0.25) is 0 Å². The van der Waals surface area contributed by atoms with Gasteiger partial charge in [0.15, 0.2) is 0 Å². The Morgan fingerprint density at radius 3 is 1.78 bits per heavy atom. The van der Waals surface area contributed by atoms with Crippen LogP contribution in [0, 0.1) is 0 Å². The van der Waals surface area contributed by atoms with Crippen LogP contribution < -0.4 is 5.73 Å². The summed E-state index contributed by atoms with van der Waals surface area (Å²) in [7, 11) is 0. The second kappa shape index (κ2) is 13.9. The van der Waals surface area contributed by atoms with Gasteiger partial charge in [-0.05, 0) is 18.9 Å². The molecule has 104 valence electrons. The lowest BCUT2D eigenvalue weighted by atomic mass is 10.0. The third-order valence-electron chi connectivity index (χ3n) is 1.82. The van der Waals surface area contributed by atoms with Gasteiger partial charge in [-0.15, -0.1) is 0 Å². The summed E-state index contributed by atoms with van der Waals surface area (Å²) >= 11 is 0. The Morgan fingerprint density at radius 2 is 1.44 bits per heavy atom. The minimum atomic E-state index is -0.354. The maximum atomic E-state index is 10.8. The average molecular weight is 251 g/mol. The molecule has 2 N–H and O–H groups in total. The molecule has 2 nitrogen and oxygen atoms in total. The van der Waals surface area contributed by atoms with Crippen molar-refractivity contribution in [2.24, 2.45) is 5.73 Å². The fraction of sp³-hybridized carbons (Fsp3) is 0.562. The number of carbonyl (C=O) groups excluding carboxylic acids is 1. The van der Waals surface area contributed by atoms with E-state index in [0.29, 0.717) is 6.42 Å². The SMILES string of the molecule is CC(=O)C(N)Cc1ccccc1.CCC.CCC. The lowest BCUT2D eigenvalue weighted by molar-refractivity contribution is -0.118. The molecule has 0 spiro atoms. The van der Waals surface area contributed by atoms with Gasteiger partial charge < -0.3 is 5.73 Å². The minimum Gasteiger partial charge on any atom is -0.321 e. The molecule has 1 aromatic rings. The van der Waals surface area contributed by atoms with Gasteiger partial charge in [0, 0.05) is 0 Å². The molecule has 1 rings (SSSR count). The molecule has 1 atom stereocenters. The van der Waals surface area contributed by atoms with E-state index in [0.717, 1.165) is 5.56 Å². The topological polar surface area (TPSA) is 43.1 Å². The molecule has 1 aromatic carbocycles. The molecule has 0 aliphatic rings. The molecule has 0 aromatic heterocycles. The second-order valence-electron chi connectivity index (χ2n) is 4.32. The van der Waals surface area contributed by atoms with Gasteiger partial charge in [0.05, 0.1) is 6.04 Å². The molecule has 2 heteroatoms. The number of nitrogens with two attached hydrogens (primary N) is 1. The van der Waals surface area contributed by atoms with E-state index in [9.17, 15) is 4.79 Å². The fourth-order valence-electron chi connectivity index (χ4n) is 1.01. The summed E-state index contributed by atoms with van der Waals surface area (Å²) in [5.41, 5.74) is 6.71. The highest BCUT2D eigenvalue weighted by Gasteiger charge is 2.07. The van der Waals surface area contributed by atoms with Gasteiger partial charge in [0.2, 0.25) is 0 Å². The van der Waals surface area contributed by atoms with E-state index in [2.05, 4.69) is 27.7 Å². The first kappa shape index (κ1) is 19.2. The van der Waals surface area contributed by atoms with Gasteiger partial charge in [-0.25, -0.2) is 0 Å². The molecule has 0 saturated carbocycles. The number of rotatable bonds is 3. The molecule has 0 amide bonds. The second-order valence-corrected chi connectivity index (χ2v) is 4.32. The monoisotopic (exact) mass is 251 g/mol. The van der Waals surface area contributed by atoms with Gasteiger partial charge in [-0.2, -0.15) is 0 Å². The summed E-state index contributed by atoms with van der Waals surface area (Å²) in [6, 6.07) is 9.44. The Labute approximate surface area is 113 Å². The van der Waals surface area contributed by atoms with Crippen molar-refractivity contribution in [3.63, 3.8) is 0 Å². The highest BCUT2D eigenvalue weighted by atomic mass is 16.1. The summed E-state index contributed by atoms with van der Waals surface area (Å²) in [6.07, 6.45) is 3.14. The summed E-state index contributed by atoms with van der Waals surface area (Å²) in [5, 5.41) is 0. The van der Waals surface area contributed by atoms with Crippen LogP contribution in [0.15, 0.2) is 30.3 Å². The Kier molecular flexibility index (Phi) is 14.8. The van der Waals surface area contributed by atoms with Crippen LogP contribution in [0.3, 0.4) is 0 Å². The summed E-state index contributed by atoms with van der Waals surface area (Å²) in [4.78, 5) is 10.8. The van der Waals surface area contributed by atoms with Crippen molar-refractivity contribution in [3.05, 3.63) is 35.9 Å². The molecule has 18 heavy (non-hydrogen) atoms. The molecular formula is C16H29NO. The average Bonchev–Trinajstić information content (AvgIpc) is 2.32. The van der Waals surface area contributed by atoms with Crippen molar-refractivity contribution in [1.82, 2.24) is 0 Å². The zero-order valence-electron chi connectivity index (χ0n) is 12.6.